The van der Waals surface area contributed by atoms with Gasteiger partial charge in [-0.1, -0.05) is 117 Å². The number of aliphatic hydroxyl groups is 1. The maximum absolute atomic E-state index is 9.07. The third-order valence-corrected chi connectivity index (χ3v) is 4.95. The van der Waals surface area contributed by atoms with E-state index in [1.54, 1.807) is 0 Å². The SMILES string of the molecule is CCCCCCCCCCCCCCCC(CCC)CCO. The number of hydrogen-bond acceptors (Lipinski definition) is 1. The molecule has 0 amide bonds. The van der Waals surface area contributed by atoms with Gasteiger partial charge in [0.15, 0.2) is 0 Å². The fourth-order valence-corrected chi connectivity index (χ4v) is 3.47. The van der Waals surface area contributed by atoms with Gasteiger partial charge in [-0.15, -0.1) is 0 Å². The van der Waals surface area contributed by atoms with Gasteiger partial charge in [0.1, 0.15) is 0 Å². The Morgan fingerprint density at radius 3 is 1.36 bits per heavy atom. The lowest BCUT2D eigenvalue weighted by atomic mass is 9.93. The van der Waals surface area contributed by atoms with Crippen molar-refractivity contribution in [3.63, 3.8) is 0 Å². The summed E-state index contributed by atoms with van der Waals surface area (Å²) >= 11 is 0. The average Bonchev–Trinajstić information content (AvgIpc) is 2.52. The molecule has 1 unspecified atom stereocenters. The highest BCUT2D eigenvalue weighted by Crippen LogP contribution is 2.20. The quantitative estimate of drug-likeness (QED) is 0.264. The Kier molecular flexibility index (Phi) is 19.0. The lowest BCUT2D eigenvalue weighted by molar-refractivity contribution is 0.243. The van der Waals surface area contributed by atoms with Crippen LogP contribution in [-0.4, -0.2) is 11.7 Å². The van der Waals surface area contributed by atoms with Crippen LogP contribution < -0.4 is 0 Å². The van der Waals surface area contributed by atoms with E-state index in [4.69, 9.17) is 5.11 Å². The van der Waals surface area contributed by atoms with Gasteiger partial charge < -0.3 is 5.11 Å². The molecule has 0 aliphatic carbocycles. The lowest BCUT2D eigenvalue weighted by Gasteiger charge is -2.14. The Bertz CT molecular complexity index is 184. The molecule has 0 aliphatic rings. The van der Waals surface area contributed by atoms with Gasteiger partial charge in [-0.3, -0.25) is 0 Å². The maximum atomic E-state index is 9.07. The smallest absolute Gasteiger partial charge is 0.0433 e. The lowest BCUT2D eigenvalue weighted by Crippen LogP contribution is -2.02. The molecule has 0 aromatic carbocycles. The highest BCUT2D eigenvalue weighted by molar-refractivity contribution is 4.59. The molecule has 0 saturated carbocycles. The first-order chi connectivity index (χ1) is 10.8. The molecule has 22 heavy (non-hydrogen) atoms. The van der Waals surface area contributed by atoms with Gasteiger partial charge in [0.25, 0.3) is 0 Å². The zero-order valence-corrected chi connectivity index (χ0v) is 15.8. The summed E-state index contributed by atoms with van der Waals surface area (Å²) in [6.07, 6.45) is 23.6. The molecular formula is C21H44O. The van der Waals surface area contributed by atoms with E-state index in [0.717, 1.165) is 12.3 Å². The van der Waals surface area contributed by atoms with Crippen LogP contribution in [-0.2, 0) is 0 Å². The van der Waals surface area contributed by atoms with Gasteiger partial charge in [-0.25, -0.2) is 0 Å². The normalized spacial score (nSPS) is 12.7. The number of rotatable bonds is 18. The second-order valence-electron chi connectivity index (χ2n) is 7.20. The van der Waals surface area contributed by atoms with Crippen molar-refractivity contribution in [1.29, 1.82) is 0 Å². The summed E-state index contributed by atoms with van der Waals surface area (Å²) in [6.45, 7) is 4.92. The van der Waals surface area contributed by atoms with Crippen molar-refractivity contribution < 1.29 is 5.11 Å². The molecule has 1 heteroatoms. The molecule has 0 spiro atoms. The minimum Gasteiger partial charge on any atom is -0.396 e. The molecule has 0 heterocycles. The summed E-state index contributed by atoms with van der Waals surface area (Å²) in [5.74, 6) is 0.780. The van der Waals surface area contributed by atoms with Crippen molar-refractivity contribution in [2.45, 2.75) is 123 Å². The minimum absolute atomic E-state index is 0.378. The van der Waals surface area contributed by atoms with E-state index in [9.17, 15) is 0 Å². The Morgan fingerprint density at radius 2 is 0.955 bits per heavy atom. The van der Waals surface area contributed by atoms with Crippen molar-refractivity contribution in [3.05, 3.63) is 0 Å². The molecule has 0 rings (SSSR count). The van der Waals surface area contributed by atoms with Crippen molar-refractivity contribution >= 4 is 0 Å². The standard InChI is InChI=1S/C21H44O/c1-3-5-6-7-8-9-10-11-12-13-14-15-16-18-21(17-4-2)19-20-22/h21-22H,3-20H2,1-2H3. The van der Waals surface area contributed by atoms with E-state index in [0.29, 0.717) is 6.61 Å². The van der Waals surface area contributed by atoms with E-state index < -0.39 is 0 Å². The van der Waals surface area contributed by atoms with Gasteiger partial charge in [-0.2, -0.15) is 0 Å². The molecule has 1 nitrogen and oxygen atoms in total. The van der Waals surface area contributed by atoms with Crippen molar-refractivity contribution in [2.75, 3.05) is 6.61 Å². The number of hydrogen-bond donors (Lipinski definition) is 1. The van der Waals surface area contributed by atoms with Gasteiger partial charge in [0, 0.05) is 6.61 Å². The van der Waals surface area contributed by atoms with Crippen LogP contribution in [0.15, 0.2) is 0 Å². The van der Waals surface area contributed by atoms with Crippen LogP contribution in [0, 0.1) is 5.92 Å². The summed E-state index contributed by atoms with van der Waals surface area (Å²) in [5, 5.41) is 9.07. The van der Waals surface area contributed by atoms with Gasteiger partial charge >= 0.3 is 0 Å². The summed E-state index contributed by atoms with van der Waals surface area (Å²) in [6, 6.07) is 0. The summed E-state index contributed by atoms with van der Waals surface area (Å²) in [4.78, 5) is 0. The van der Waals surface area contributed by atoms with Crippen LogP contribution in [0.4, 0.5) is 0 Å². The number of unbranched alkanes of at least 4 members (excludes halogenated alkanes) is 12. The van der Waals surface area contributed by atoms with Crippen LogP contribution >= 0.6 is 0 Å². The Morgan fingerprint density at radius 1 is 0.500 bits per heavy atom. The van der Waals surface area contributed by atoms with Crippen LogP contribution in [0.2, 0.25) is 0 Å². The van der Waals surface area contributed by atoms with Gasteiger partial charge in [0.05, 0.1) is 0 Å². The molecule has 0 radical (unpaired) electrons. The Balaban J connectivity index is 3.16. The topological polar surface area (TPSA) is 20.2 Å². The highest BCUT2D eigenvalue weighted by atomic mass is 16.3. The zero-order valence-electron chi connectivity index (χ0n) is 15.8. The predicted octanol–water partition coefficient (Wildman–Crippen LogP) is 7.27. The van der Waals surface area contributed by atoms with Crippen LogP contribution in [0.3, 0.4) is 0 Å². The van der Waals surface area contributed by atoms with Gasteiger partial charge in [0.2, 0.25) is 0 Å². The molecule has 0 bridgehead atoms. The summed E-state index contributed by atoms with van der Waals surface area (Å²) in [7, 11) is 0. The zero-order chi connectivity index (χ0) is 16.3. The molecular weight excluding hydrogens is 268 g/mol. The molecule has 0 aromatic heterocycles. The van der Waals surface area contributed by atoms with Crippen molar-refractivity contribution in [3.8, 4) is 0 Å². The largest absolute Gasteiger partial charge is 0.396 e. The predicted molar refractivity (Wildman–Crippen MR) is 100 cm³/mol. The number of aliphatic hydroxyl groups excluding tert-OH is 1. The first kappa shape index (κ1) is 22.0. The second-order valence-corrected chi connectivity index (χ2v) is 7.20. The van der Waals surface area contributed by atoms with Crippen molar-refractivity contribution in [2.24, 2.45) is 5.92 Å². The molecule has 1 N–H and O–H groups in total. The molecule has 0 aliphatic heterocycles. The van der Waals surface area contributed by atoms with Crippen LogP contribution in [0.1, 0.15) is 123 Å². The van der Waals surface area contributed by atoms with E-state index >= 15 is 0 Å². The van der Waals surface area contributed by atoms with Crippen molar-refractivity contribution in [1.82, 2.24) is 0 Å². The maximum Gasteiger partial charge on any atom is 0.0433 e. The Labute approximate surface area is 141 Å². The third kappa shape index (κ3) is 16.3. The van der Waals surface area contributed by atoms with E-state index in [-0.39, 0.29) is 0 Å². The molecule has 1 atom stereocenters. The van der Waals surface area contributed by atoms with E-state index in [2.05, 4.69) is 13.8 Å². The Hall–Kier alpha value is -0.0400. The monoisotopic (exact) mass is 312 g/mol. The second kappa shape index (κ2) is 19.0. The average molecular weight is 313 g/mol. The highest BCUT2D eigenvalue weighted by Gasteiger charge is 2.06. The molecule has 134 valence electrons. The molecule has 0 aromatic rings. The first-order valence-corrected chi connectivity index (χ1v) is 10.5. The fraction of sp³-hybridized carbons (Fsp3) is 1.00. The van der Waals surface area contributed by atoms with E-state index in [1.165, 1.54) is 103 Å². The van der Waals surface area contributed by atoms with E-state index in [1.807, 2.05) is 0 Å². The fourth-order valence-electron chi connectivity index (χ4n) is 3.47. The summed E-state index contributed by atoms with van der Waals surface area (Å²) < 4.78 is 0. The molecule has 0 saturated heterocycles. The van der Waals surface area contributed by atoms with Gasteiger partial charge in [-0.05, 0) is 12.3 Å². The third-order valence-electron chi connectivity index (χ3n) is 4.95. The molecule has 0 fully saturated rings. The van der Waals surface area contributed by atoms with Crippen LogP contribution in [0.5, 0.6) is 0 Å². The first-order valence-electron chi connectivity index (χ1n) is 10.5. The summed E-state index contributed by atoms with van der Waals surface area (Å²) in [5.41, 5.74) is 0. The van der Waals surface area contributed by atoms with Crippen LogP contribution in [0.25, 0.3) is 0 Å². The minimum atomic E-state index is 0.378.